The second-order valence-corrected chi connectivity index (χ2v) is 4.72. The van der Waals surface area contributed by atoms with Crippen LogP contribution < -0.4 is 5.43 Å². The molecule has 0 aliphatic heterocycles. The fourth-order valence-electron chi connectivity index (χ4n) is 1.63. The minimum absolute atomic E-state index is 0.122. The zero-order valence-corrected chi connectivity index (χ0v) is 12.2. The average Bonchev–Trinajstić information content (AvgIpc) is 2.49. The number of nitro groups is 1. The Morgan fingerprint density at radius 2 is 2.18 bits per heavy atom. The van der Waals surface area contributed by atoms with Crippen LogP contribution in [0.4, 0.5) is 5.69 Å². The normalized spacial score (nSPS) is 10.6. The van der Waals surface area contributed by atoms with Gasteiger partial charge < -0.3 is 0 Å². The smallest absolute Gasteiger partial charge is 0.267 e. The molecule has 2 rings (SSSR count). The van der Waals surface area contributed by atoms with Crippen LogP contribution in [0.1, 0.15) is 21.6 Å². The standard InChI is InChI=1S/C14H11ClN4O3/c1-9-5-6-10(7-16-9)14(20)18-17-8-11-12(15)3-2-4-13(11)19(21)22/h2-8H,1H3,(H,18,20). The number of hydrogen-bond acceptors (Lipinski definition) is 5. The fourth-order valence-corrected chi connectivity index (χ4v) is 1.85. The number of rotatable bonds is 4. The summed E-state index contributed by atoms with van der Waals surface area (Å²) in [5.74, 6) is -0.474. The highest BCUT2D eigenvalue weighted by molar-refractivity contribution is 6.33. The monoisotopic (exact) mass is 318 g/mol. The summed E-state index contributed by atoms with van der Waals surface area (Å²) in [5, 5.41) is 14.8. The van der Waals surface area contributed by atoms with Crippen molar-refractivity contribution in [1.82, 2.24) is 10.4 Å². The summed E-state index contributed by atoms with van der Waals surface area (Å²) in [4.78, 5) is 26.2. The number of hydrogen-bond donors (Lipinski definition) is 1. The Morgan fingerprint density at radius 3 is 2.82 bits per heavy atom. The number of pyridine rings is 1. The van der Waals surface area contributed by atoms with Gasteiger partial charge >= 0.3 is 0 Å². The van der Waals surface area contributed by atoms with E-state index >= 15 is 0 Å². The quantitative estimate of drug-likeness (QED) is 0.532. The van der Waals surface area contributed by atoms with Crippen molar-refractivity contribution in [2.45, 2.75) is 6.92 Å². The van der Waals surface area contributed by atoms with Crippen LogP contribution in [0.3, 0.4) is 0 Å². The first-order valence-electron chi connectivity index (χ1n) is 6.18. The second-order valence-electron chi connectivity index (χ2n) is 4.32. The molecule has 1 aromatic carbocycles. The van der Waals surface area contributed by atoms with E-state index in [1.54, 1.807) is 19.1 Å². The van der Waals surface area contributed by atoms with Crippen molar-refractivity contribution < 1.29 is 9.72 Å². The van der Waals surface area contributed by atoms with E-state index in [4.69, 9.17) is 11.6 Å². The van der Waals surface area contributed by atoms with Gasteiger partial charge in [0.15, 0.2) is 0 Å². The second kappa shape index (κ2) is 6.77. The molecular weight excluding hydrogens is 308 g/mol. The van der Waals surface area contributed by atoms with Crippen LogP contribution in [0, 0.1) is 17.0 Å². The zero-order chi connectivity index (χ0) is 16.1. The first kappa shape index (κ1) is 15.6. The number of carbonyl (C=O) groups excluding carboxylic acids is 1. The molecule has 7 nitrogen and oxygen atoms in total. The largest absolute Gasteiger partial charge is 0.279 e. The van der Waals surface area contributed by atoms with Gasteiger partial charge in [-0.2, -0.15) is 5.10 Å². The lowest BCUT2D eigenvalue weighted by Gasteiger charge is -2.01. The van der Waals surface area contributed by atoms with E-state index in [9.17, 15) is 14.9 Å². The number of nitrogens with one attached hydrogen (secondary N) is 1. The van der Waals surface area contributed by atoms with E-state index in [0.717, 1.165) is 11.9 Å². The third kappa shape index (κ3) is 3.64. The van der Waals surface area contributed by atoms with Crippen LogP contribution in [0.2, 0.25) is 5.02 Å². The van der Waals surface area contributed by atoms with Crippen molar-refractivity contribution in [3.05, 3.63) is 68.5 Å². The number of halogens is 1. The lowest BCUT2D eigenvalue weighted by atomic mass is 10.2. The van der Waals surface area contributed by atoms with Gasteiger partial charge in [-0.1, -0.05) is 17.7 Å². The molecule has 0 atom stereocenters. The van der Waals surface area contributed by atoms with Crippen molar-refractivity contribution in [2.24, 2.45) is 5.10 Å². The van der Waals surface area contributed by atoms with E-state index in [0.29, 0.717) is 5.56 Å². The van der Waals surface area contributed by atoms with E-state index in [1.165, 1.54) is 24.4 Å². The van der Waals surface area contributed by atoms with Crippen LogP contribution in [-0.2, 0) is 0 Å². The van der Waals surface area contributed by atoms with E-state index in [2.05, 4.69) is 15.5 Å². The molecule has 0 bridgehead atoms. The Kier molecular flexibility index (Phi) is 4.80. The predicted molar refractivity (Wildman–Crippen MR) is 82.1 cm³/mol. The predicted octanol–water partition coefficient (Wildman–Crippen LogP) is 2.72. The summed E-state index contributed by atoms with van der Waals surface area (Å²) in [6.07, 6.45) is 2.55. The molecule has 112 valence electrons. The summed E-state index contributed by atoms with van der Waals surface area (Å²) in [6, 6.07) is 7.57. The summed E-state index contributed by atoms with van der Waals surface area (Å²) < 4.78 is 0. The third-order valence-electron chi connectivity index (χ3n) is 2.76. The summed E-state index contributed by atoms with van der Waals surface area (Å²) in [5.41, 5.74) is 3.31. The van der Waals surface area contributed by atoms with Crippen molar-refractivity contribution in [1.29, 1.82) is 0 Å². The highest BCUT2D eigenvalue weighted by Crippen LogP contribution is 2.24. The number of carbonyl (C=O) groups is 1. The molecule has 8 heteroatoms. The topological polar surface area (TPSA) is 97.5 Å². The molecule has 0 saturated carbocycles. The molecule has 0 aliphatic carbocycles. The average molecular weight is 319 g/mol. The highest BCUT2D eigenvalue weighted by Gasteiger charge is 2.14. The van der Waals surface area contributed by atoms with E-state index < -0.39 is 10.8 Å². The van der Waals surface area contributed by atoms with Gasteiger partial charge in [-0.3, -0.25) is 19.9 Å². The molecule has 1 N–H and O–H groups in total. The Morgan fingerprint density at radius 1 is 1.41 bits per heavy atom. The number of aryl methyl sites for hydroxylation is 1. The van der Waals surface area contributed by atoms with Crippen LogP contribution in [0.15, 0.2) is 41.6 Å². The number of nitrogens with zero attached hydrogens (tertiary/aromatic N) is 3. The Labute approximate surface area is 130 Å². The van der Waals surface area contributed by atoms with Gasteiger partial charge in [0.25, 0.3) is 11.6 Å². The maximum atomic E-state index is 11.8. The fraction of sp³-hybridized carbons (Fsp3) is 0.0714. The molecule has 0 aliphatic rings. The zero-order valence-electron chi connectivity index (χ0n) is 11.5. The van der Waals surface area contributed by atoms with Crippen LogP contribution in [0.25, 0.3) is 0 Å². The van der Waals surface area contributed by atoms with Gasteiger partial charge in [0, 0.05) is 18.0 Å². The SMILES string of the molecule is Cc1ccc(C(=O)NN=Cc2c(Cl)cccc2[N+](=O)[O-])cn1. The molecule has 0 unspecified atom stereocenters. The van der Waals surface area contributed by atoms with Crippen molar-refractivity contribution in [2.75, 3.05) is 0 Å². The molecule has 1 aromatic heterocycles. The highest BCUT2D eigenvalue weighted by atomic mass is 35.5. The molecule has 0 radical (unpaired) electrons. The minimum atomic E-state index is -0.570. The molecule has 0 fully saturated rings. The molecular formula is C14H11ClN4O3. The van der Waals surface area contributed by atoms with Crippen LogP contribution in [-0.4, -0.2) is 22.0 Å². The maximum absolute atomic E-state index is 11.8. The minimum Gasteiger partial charge on any atom is -0.267 e. The summed E-state index contributed by atoms with van der Waals surface area (Å²) in [7, 11) is 0. The van der Waals surface area contributed by atoms with Gasteiger partial charge in [-0.25, -0.2) is 5.43 Å². The van der Waals surface area contributed by atoms with Crippen molar-refractivity contribution >= 4 is 29.4 Å². The van der Waals surface area contributed by atoms with Gasteiger partial charge in [0.1, 0.15) is 0 Å². The number of amides is 1. The first-order chi connectivity index (χ1) is 10.5. The van der Waals surface area contributed by atoms with E-state index in [1.807, 2.05) is 0 Å². The first-order valence-corrected chi connectivity index (χ1v) is 6.56. The lowest BCUT2D eigenvalue weighted by Crippen LogP contribution is -2.18. The van der Waals surface area contributed by atoms with Gasteiger partial charge in [-0.15, -0.1) is 0 Å². The Bertz CT molecular complexity index is 744. The maximum Gasteiger partial charge on any atom is 0.279 e. The van der Waals surface area contributed by atoms with Gasteiger partial charge in [0.2, 0.25) is 0 Å². The van der Waals surface area contributed by atoms with E-state index in [-0.39, 0.29) is 16.3 Å². The summed E-state index contributed by atoms with van der Waals surface area (Å²) >= 11 is 5.90. The number of aromatic nitrogens is 1. The third-order valence-corrected chi connectivity index (χ3v) is 3.09. The molecule has 22 heavy (non-hydrogen) atoms. The van der Waals surface area contributed by atoms with Crippen LogP contribution in [0.5, 0.6) is 0 Å². The molecule has 0 spiro atoms. The van der Waals surface area contributed by atoms with Crippen molar-refractivity contribution in [3.63, 3.8) is 0 Å². The molecule has 0 saturated heterocycles. The molecule has 2 aromatic rings. The molecule has 1 heterocycles. The number of nitro benzene ring substituents is 1. The van der Waals surface area contributed by atoms with Crippen LogP contribution >= 0.6 is 11.6 Å². The number of benzene rings is 1. The van der Waals surface area contributed by atoms with Crippen molar-refractivity contribution in [3.8, 4) is 0 Å². The Hall–Kier alpha value is -2.80. The number of hydrazone groups is 1. The molecule has 1 amide bonds. The lowest BCUT2D eigenvalue weighted by molar-refractivity contribution is -0.385. The van der Waals surface area contributed by atoms with Gasteiger partial charge in [-0.05, 0) is 25.1 Å². The summed E-state index contributed by atoms with van der Waals surface area (Å²) in [6.45, 7) is 1.80. The Balaban J connectivity index is 2.15. The van der Waals surface area contributed by atoms with Gasteiger partial charge in [0.05, 0.1) is 27.3 Å².